The molecule has 0 aromatic heterocycles. The minimum atomic E-state index is 0.398. The molecular weight excluding hydrogens is 234 g/mol. The third-order valence-electron chi connectivity index (χ3n) is 5.83. The number of piperazine rings is 1. The van der Waals surface area contributed by atoms with E-state index in [9.17, 15) is 0 Å². The molecule has 0 spiro atoms. The van der Waals surface area contributed by atoms with Crippen molar-refractivity contribution in [3.05, 3.63) is 0 Å². The van der Waals surface area contributed by atoms with Crippen LogP contribution in [0.3, 0.4) is 0 Å². The van der Waals surface area contributed by atoms with Crippen LogP contribution < -0.4 is 5.32 Å². The molecule has 3 nitrogen and oxygen atoms in total. The zero-order chi connectivity index (χ0) is 13.5. The lowest BCUT2D eigenvalue weighted by Gasteiger charge is -2.51. The standard InChI is InChI=1S/C16H31N3/c1-4-14-11-17-16(2,13-5-6-13)12-19(14)15-7-9-18(3)10-8-15/h13-15,17H,4-12H2,1-3H3. The van der Waals surface area contributed by atoms with Gasteiger partial charge in [-0.1, -0.05) is 6.92 Å². The lowest BCUT2D eigenvalue weighted by Crippen LogP contribution is -2.66. The van der Waals surface area contributed by atoms with E-state index in [-0.39, 0.29) is 0 Å². The average molecular weight is 265 g/mol. The van der Waals surface area contributed by atoms with Gasteiger partial charge in [-0.2, -0.15) is 0 Å². The number of nitrogens with one attached hydrogen (secondary N) is 1. The van der Waals surface area contributed by atoms with Crippen molar-refractivity contribution in [1.29, 1.82) is 0 Å². The molecule has 2 atom stereocenters. The fraction of sp³-hybridized carbons (Fsp3) is 1.00. The molecule has 1 N–H and O–H groups in total. The zero-order valence-corrected chi connectivity index (χ0v) is 13.0. The van der Waals surface area contributed by atoms with Gasteiger partial charge in [-0.15, -0.1) is 0 Å². The van der Waals surface area contributed by atoms with E-state index in [4.69, 9.17) is 0 Å². The van der Waals surface area contributed by atoms with Crippen molar-refractivity contribution in [2.24, 2.45) is 5.92 Å². The predicted octanol–water partition coefficient (Wildman–Crippen LogP) is 1.93. The van der Waals surface area contributed by atoms with Gasteiger partial charge < -0.3 is 10.2 Å². The molecule has 3 fully saturated rings. The fourth-order valence-electron chi connectivity index (χ4n) is 4.16. The summed E-state index contributed by atoms with van der Waals surface area (Å²) in [5.41, 5.74) is 0.398. The molecule has 2 aliphatic heterocycles. The highest BCUT2D eigenvalue weighted by atomic mass is 15.3. The monoisotopic (exact) mass is 265 g/mol. The molecule has 0 aromatic rings. The first-order chi connectivity index (χ1) is 9.12. The van der Waals surface area contributed by atoms with Crippen LogP contribution in [0.15, 0.2) is 0 Å². The van der Waals surface area contributed by atoms with Crippen LogP contribution in [-0.4, -0.2) is 60.6 Å². The minimum absolute atomic E-state index is 0.398. The smallest absolute Gasteiger partial charge is 0.0309 e. The van der Waals surface area contributed by atoms with Gasteiger partial charge in [-0.05, 0) is 65.1 Å². The Hall–Kier alpha value is -0.120. The molecule has 110 valence electrons. The second kappa shape index (κ2) is 5.34. The third-order valence-corrected chi connectivity index (χ3v) is 5.83. The Morgan fingerprint density at radius 3 is 2.42 bits per heavy atom. The van der Waals surface area contributed by atoms with E-state index >= 15 is 0 Å². The topological polar surface area (TPSA) is 18.5 Å². The van der Waals surface area contributed by atoms with Crippen molar-refractivity contribution in [2.75, 3.05) is 33.2 Å². The second-order valence-corrected chi connectivity index (χ2v) is 7.34. The Kier molecular flexibility index (Phi) is 3.89. The third kappa shape index (κ3) is 2.84. The van der Waals surface area contributed by atoms with Gasteiger partial charge in [0.25, 0.3) is 0 Å². The van der Waals surface area contributed by atoms with Gasteiger partial charge in [-0.3, -0.25) is 4.90 Å². The first-order valence-electron chi connectivity index (χ1n) is 8.31. The van der Waals surface area contributed by atoms with Gasteiger partial charge in [0.2, 0.25) is 0 Å². The average Bonchev–Trinajstić information content (AvgIpc) is 3.24. The largest absolute Gasteiger partial charge is 0.308 e. The van der Waals surface area contributed by atoms with E-state index in [1.54, 1.807) is 0 Å². The molecule has 0 radical (unpaired) electrons. The van der Waals surface area contributed by atoms with Crippen molar-refractivity contribution in [3.8, 4) is 0 Å². The number of rotatable bonds is 3. The summed E-state index contributed by atoms with van der Waals surface area (Å²) < 4.78 is 0. The maximum atomic E-state index is 3.88. The Balaban J connectivity index is 1.68. The zero-order valence-electron chi connectivity index (χ0n) is 13.0. The van der Waals surface area contributed by atoms with Gasteiger partial charge in [0.1, 0.15) is 0 Å². The first-order valence-corrected chi connectivity index (χ1v) is 8.31. The summed E-state index contributed by atoms with van der Waals surface area (Å²) in [6.07, 6.45) is 6.92. The Morgan fingerprint density at radius 2 is 1.84 bits per heavy atom. The highest BCUT2D eigenvalue weighted by Crippen LogP contribution is 2.42. The number of nitrogens with zero attached hydrogens (tertiary/aromatic N) is 2. The molecule has 0 amide bonds. The molecule has 3 rings (SSSR count). The van der Waals surface area contributed by atoms with E-state index in [0.717, 1.165) is 18.0 Å². The molecule has 3 heteroatoms. The van der Waals surface area contributed by atoms with E-state index in [1.807, 2.05) is 0 Å². The first kappa shape index (κ1) is 13.8. The summed E-state index contributed by atoms with van der Waals surface area (Å²) >= 11 is 0. The Labute approximate surface area is 118 Å². The van der Waals surface area contributed by atoms with Crippen molar-refractivity contribution < 1.29 is 0 Å². The summed E-state index contributed by atoms with van der Waals surface area (Å²) in [6.45, 7) is 9.88. The molecule has 2 heterocycles. The van der Waals surface area contributed by atoms with Crippen molar-refractivity contribution in [3.63, 3.8) is 0 Å². The van der Waals surface area contributed by atoms with E-state index < -0.39 is 0 Å². The van der Waals surface area contributed by atoms with Crippen LogP contribution in [0.25, 0.3) is 0 Å². The quantitative estimate of drug-likeness (QED) is 0.841. The molecule has 2 saturated heterocycles. The molecule has 0 aromatic carbocycles. The molecule has 0 bridgehead atoms. The summed E-state index contributed by atoms with van der Waals surface area (Å²) in [7, 11) is 2.26. The maximum absolute atomic E-state index is 3.88. The van der Waals surface area contributed by atoms with Gasteiger partial charge in [0.15, 0.2) is 0 Å². The highest BCUT2D eigenvalue weighted by Gasteiger charge is 2.47. The van der Waals surface area contributed by atoms with Gasteiger partial charge in [0, 0.05) is 30.7 Å². The highest BCUT2D eigenvalue weighted by molar-refractivity contribution is 5.05. The molecule has 1 saturated carbocycles. The van der Waals surface area contributed by atoms with Gasteiger partial charge in [-0.25, -0.2) is 0 Å². The van der Waals surface area contributed by atoms with Gasteiger partial charge in [0.05, 0.1) is 0 Å². The molecule has 3 aliphatic rings. The molecular formula is C16H31N3. The van der Waals surface area contributed by atoms with Crippen LogP contribution in [0, 0.1) is 5.92 Å². The summed E-state index contributed by atoms with van der Waals surface area (Å²) in [5.74, 6) is 0.944. The van der Waals surface area contributed by atoms with Crippen LogP contribution in [0.2, 0.25) is 0 Å². The summed E-state index contributed by atoms with van der Waals surface area (Å²) in [4.78, 5) is 5.36. The number of piperidine rings is 1. The Bertz CT molecular complexity index is 307. The van der Waals surface area contributed by atoms with Crippen LogP contribution in [0.4, 0.5) is 0 Å². The van der Waals surface area contributed by atoms with Crippen LogP contribution in [0.5, 0.6) is 0 Å². The molecule has 2 unspecified atom stereocenters. The van der Waals surface area contributed by atoms with E-state index in [1.165, 1.54) is 58.3 Å². The van der Waals surface area contributed by atoms with Crippen molar-refractivity contribution >= 4 is 0 Å². The van der Waals surface area contributed by atoms with Crippen molar-refractivity contribution in [1.82, 2.24) is 15.1 Å². The van der Waals surface area contributed by atoms with Crippen LogP contribution >= 0.6 is 0 Å². The number of hydrogen-bond donors (Lipinski definition) is 1. The Morgan fingerprint density at radius 1 is 1.16 bits per heavy atom. The minimum Gasteiger partial charge on any atom is -0.308 e. The predicted molar refractivity (Wildman–Crippen MR) is 80.4 cm³/mol. The number of likely N-dealkylation sites (tertiary alicyclic amines) is 1. The summed E-state index contributed by atoms with van der Waals surface area (Å²) in [6, 6.07) is 1.60. The second-order valence-electron chi connectivity index (χ2n) is 7.34. The van der Waals surface area contributed by atoms with Gasteiger partial charge >= 0.3 is 0 Å². The van der Waals surface area contributed by atoms with Crippen LogP contribution in [-0.2, 0) is 0 Å². The van der Waals surface area contributed by atoms with Crippen molar-refractivity contribution in [2.45, 2.75) is 63.6 Å². The van der Waals surface area contributed by atoms with Crippen LogP contribution in [0.1, 0.15) is 46.0 Å². The normalized spacial score (nSPS) is 39.6. The maximum Gasteiger partial charge on any atom is 0.0309 e. The lowest BCUT2D eigenvalue weighted by molar-refractivity contribution is 0.0139. The van der Waals surface area contributed by atoms with E-state index in [2.05, 4.69) is 36.0 Å². The SMILES string of the molecule is CCC1CNC(C)(C2CC2)CN1C1CCN(C)CC1. The van der Waals surface area contributed by atoms with E-state index in [0.29, 0.717) is 5.54 Å². The lowest BCUT2D eigenvalue weighted by atomic mass is 9.88. The number of hydrogen-bond acceptors (Lipinski definition) is 3. The molecule has 19 heavy (non-hydrogen) atoms. The molecule has 1 aliphatic carbocycles. The summed E-state index contributed by atoms with van der Waals surface area (Å²) in [5, 5.41) is 3.88. The fourth-order valence-corrected chi connectivity index (χ4v) is 4.16.